The number of carbonyl (C=O) groups excluding carboxylic acids is 2. The number of aromatic nitrogens is 1. The molecule has 2 amide bonds. The second-order valence-corrected chi connectivity index (χ2v) is 9.78. The van der Waals surface area contributed by atoms with Crippen LogP contribution in [-0.2, 0) is 39.4 Å². The molecule has 6 N–H and O–H groups in total. The molecule has 194 valence electrons. The third-order valence-corrected chi connectivity index (χ3v) is 6.82. The summed E-state index contributed by atoms with van der Waals surface area (Å²) in [5, 5.41) is 3.56. The topological polar surface area (TPSA) is 162 Å². The molecule has 0 fully saturated rings. The molecule has 0 saturated carbocycles. The molecule has 0 unspecified atom stereocenters. The van der Waals surface area contributed by atoms with Crippen molar-refractivity contribution in [3.63, 3.8) is 0 Å². The number of carbonyl (C=O) groups is 2. The summed E-state index contributed by atoms with van der Waals surface area (Å²) in [7, 11) is -4.33. The highest BCUT2D eigenvalue weighted by Gasteiger charge is 2.28. The van der Waals surface area contributed by atoms with Crippen LogP contribution in [0.1, 0.15) is 18.1 Å². The van der Waals surface area contributed by atoms with Gasteiger partial charge in [-0.25, -0.2) is 9.52 Å². The molecule has 3 aromatic rings. The Hall–Kier alpha value is -3.45. The Balaban J connectivity index is 1.93. The Morgan fingerprint density at radius 1 is 1.03 bits per heavy atom. The number of amides is 2. The summed E-state index contributed by atoms with van der Waals surface area (Å²) < 4.78 is 36.5. The number of para-hydroxylation sites is 1. The Morgan fingerprint density at radius 3 is 2.36 bits per heavy atom. The van der Waals surface area contributed by atoms with E-state index in [0.717, 1.165) is 20.8 Å². The Labute approximate surface area is 210 Å². The fourth-order valence-electron chi connectivity index (χ4n) is 3.73. The van der Waals surface area contributed by atoms with E-state index in [-0.39, 0.29) is 38.6 Å². The highest BCUT2D eigenvalue weighted by molar-refractivity contribution is 7.87. The molecule has 0 bridgehead atoms. The van der Waals surface area contributed by atoms with E-state index in [9.17, 15) is 18.0 Å². The SMILES string of the molecule is CCNC(=O)Cn1cc(CN(Cc2ccccc2)S(=O)(=O)NC(=O)OC(CN)CN)c2ccccc21. The quantitative estimate of drug-likeness (QED) is 0.279. The van der Waals surface area contributed by atoms with Crippen molar-refractivity contribution in [2.75, 3.05) is 19.6 Å². The van der Waals surface area contributed by atoms with Crippen LogP contribution in [0.2, 0.25) is 0 Å². The first kappa shape index (κ1) is 27.1. The number of rotatable bonds is 12. The van der Waals surface area contributed by atoms with E-state index in [1.807, 2.05) is 42.0 Å². The number of hydrogen-bond donors (Lipinski definition) is 4. The fourth-order valence-corrected chi connectivity index (χ4v) is 4.74. The minimum absolute atomic E-state index is 0.00348. The predicted molar refractivity (Wildman–Crippen MR) is 137 cm³/mol. The molecule has 0 spiro atoms. The van der Waals surface area contributed by atoms with Crippen molar-refractivity contribution in [1.29, 1.82) is 0 Å². The number of ether oxygens (including phenoxy) is 1. The highest BCUT2D eigenvalue weighted by atomic mass is 32.2. The number of nitrogens with zero attached hydrogens (tertiary/aromatic N) is 2. The smallest absolute Gasteiger partial charge is 0.422 e. The van der Waals surface area contributed by atoms with Crippen LogP contribution in [0, 0.1) is 0 Å². The van der Waals surface area contributed by atoms with Crippen molar-refractivity contribution >= 4 is 33.1 Å². The van der Waals surface area contributed by atoms with Crippen LogP contribution in [0.25, 0.3) is 10.9 Å². The van der Waals surface area contributed by atoms with Crippen molar-refractivity contribution in [2.24, 2.45) is 11.5 Å². The van der Waals surface area contributed by atoms with Gasteiger partial charge < -0.3 is 26.1 Å². The molecule has 36 heavy (non-hydrogen) atoms. The normalized spacial score (nSPS) is 11.7. The average molecular weight is 517 g/mol. The molecule has 0 aliphatic carbocycles. The monoisotopic (exact) mass is 516 g/mol. The van der Waals surface area contributed by atoms with Crippen LogP contribution < -0.4 is 21.5 Å². The van der Waals surface area contributed by atoms with Crippen molar-refractivity contribution in [3.05, 3.63) is 71.9 Å². The number of fused-ring (bicyclic) bond motifs is 1. The third kappa shape index (κ3) is 7.04. The van der Waals surface area contributed by atoms with Crippen LogP contribution in [0.15, 0.2) is 60.8 Å². The molecule has 12 heteroatoms. The standard InChI is InChI=1S/C24H32N6O5S/c1-2-27-23(31)17-29-15-19(21-10-6-7-11-22(21)29)16-30(14-18-8-4-3-5-9-18)36(33,34)28-24(32)35-20(12-25)13-26/h3-11,15,20H,2,12-14,16-17,25-26H2,1H3,(H,27,31)(H,28,32). The number of benzene rings is 2. The summed E-state index contributed by atoms with van der Waals surface area (Å²) >= 11 is 0. The zero-order valence-corrected chi connectivity index (χ0v) is 20.9. The highest BCUT2D eigenvalue weighted by Crippen LogP contribution is 2.24. The number of likely N-dealkylation sites (N-methyl/N-ethyl adjacent to an activating group) is 1. The van der Waals surface area contributed by atoms with Gasteiger partial charge in [0.15, 0.2) is 0 Å². The molecule has 0 aliphatic rings. The molecule has 3 rings (SSSR count). The lowest BCUT2D eigenvalue weighted by molar-refractivity contribution is -0.121. The molecule has 0 atom stereocenters. The number of nitrogens with two attached hydrogens (primary N) is 2. The lowest BCUT2D eigenvalue weighted by Crippen LogP contribution is -2.45. The molecule has 0 radical (unpaired) electrons. The number of nitrogens with one attached hydrogen (secondary N) is 2. The summed E-state index contributed by atoms with van der Waals surface area (Å²) in [4.78, 5) is 24.5. The Bertz CT molecular complexity index is 1270. The molecule has 11 nitrogen and oxygen atoms in total. The van der Waals surface area contributed by atoms with Crippen LogP contribution in [0.3, 0.4) is 0 Å². The van der Waals surface area contributed by atoms with Gasteiger partial charge in [0, 0.05) is 49.8 Å². The van der Waals surface area contributed by atoms with Gasteiger partial charge in [0.1, 0.15) is 12.6 Å². The van der Waals surface area contributed by atoms with E-state index in [4.69, 9.17) is 16.2 Å². The van der Waals surface area contributed by atoms with Gasteiger partial charge in [-0.2, -0.15) is 12.7 Å². The van der Waals surface area contributed by atoms with Gasteiger partial charge in [-0.1, -0.05) is 48.5 Å². The molecular weight excluding hydrogens is 484 g/mol. The summed E-state index contributed by atoms with van der Waals surface area (Å²) in [5.41, 5.74) is 13.2. The zero-order chi connectivity index (χ0) is 26.1. The molecule has 0 aliphatic heterocycles. The third-order valence-electron chi connectivity index (χ3n) is 5.46. The van der Waals surface area contributed by atoms with E-state index in [1.165, 1.54) is 0 Å². The van der Waals surface area contributed by atoms with Crippen molar-refractivity contribution in [3.8, 4) is 0 Å². The summed E-state index contributed by atoms with van der Waals surface area (Å²) in [6.07, 6.45) is -0.215. The van der Waals surface area contributed by atoms with Crippen LogP contribution in [0.5, 0.6) is 0 Å². The van der Waals surface area contributed by atoms with E-state index in [0.29, 0.717) is 12.1 Å². The largest absolute Gasteiger partial charge is 0.443 e. The van der Waals surface area contributed by atoms with E-state index in [2.05, 4.69) is 5.32 Å². The van der Waals surface area contributed by atoms with Gasteiger partial charge in [-0.3, -0.25) is 4.79 Å². The van der Waals surface area contributed by atoms with Crippen LogP contribution in [0.4, 0.5) is 4.79 Å². The molecule has 1 aromatic heterocycles. The second-order valence-electron chi connectivity index (χ2n) is 8.11. The van der Waals surface area contributed by atoms with E-state index in [1.54, 1.807) is 35.0 Å². The maximum Gasteiger partial charge on any atom is 0.422 e. The summed E-state index contributed by atoms with van der Waals surface area (Å²) in [6.45, 7) is 2.29. The molecular formula is C24H32N6O5S. The number of hydrogen-bond acceptors (Lipinski definition) is 7. The van der Waals surface area contributed by atoms with Crippen LogP contribution >= 0.6 is 0 Å². The van der Waals surface area contributed by atoms with Gasteiger partial charge in [0.2, 0.25) is 5.91 Å². The lowest BCUT2D eigenvalue weighted by atomic mass is 10.1. The summed E-state index contributed by atoms with van der Waals surface area (Å²) in [6, 6.07) is 16.4. The van der Waals surface area contributed by atoms with Gasteiger partial charge >= 0.3 is 16.3 Å². The lowest BCUT2D eigenvalue weighted by Gasteiger charge is -2.23. The predicted octanol–water partition coefficient (Wildman–Crippen LogP) is 1.04. The first-order valence-corrected chi connectivity index (χ1v) is 13.0. The van der Waals surface area contributed by atoms with Gasteiger partial charge in [0.25, 0.3) is 0 Å². The Kier molecular flexibility index (Phi) is 9.42. The van der Waals surface area contributed by atoms with E-state index >= 15 is 0 Å². The Morgan fingerprint density at radius 2 is 1.69 bits per heavy atom. The first-order chi connectivity index (χ1) is 17.3. The van der Waals surface area contributed by atoms with E-state index < -0.39 is 22.4 Å². The molecule has 1 heterocycles. The maximum absolute atomic E-state index is 13.3. The minimum Gasteiger partial charge on any atom is -0.443 e. The summed E-state index contributed by atoms with van der Waals surface area (Å²) in [5.74, 6) is -0.155. The maximum atomic E-state index is 13.3. The van der Waals surface area contributed by atoms with Gasteiger partial charge in [-0.15, -0.1) is 0 Å². The van der Waals surface area contributed by atoms with Gasteiger partial charge in [0.05, 0.1) is 0 Å². The minimum atomic E-state index is -4.33. The van der Waals surface area contributed by atoms with Crippen molar-refractivity contribution < 1.29 is 22.7 Å². The van der Waals surface area contributed by atoms with Crippen molar-refractivity contribution in [1.82, 2.24) is 18.9 Å². The van der Waals surface area contributed by atoms with Crippen molar-refractivity contribution in [2.45, 2.75) is 32.7 Å². The molecule has 0 saturated heterocycles. The second kappa shape index (κ2) is 12.5. The van der Waals surface area contributed by atoms with Gasteiger partial charge in [-0.05, 0) is 24.1 Å². The molecule has 2 aromatic carbocycles. The average Bonchev–Trinajstić information content (AvgIpc) is 3.19. The van der Waals surface area contributed by atoms with Crippen LogP contribution in [-0.4, -0.2) is 55.0 Å². The fraction of sp³-hybridized carbons (Fsp3) is 0.333. The zero-order valence-electron chi connectivity index (χ0n) is 20.1. The first-order valence-electron chi connectivity index (χ1n) is 11.5.